The number of fused-ring (bicyclic) bond motifs is 1. The van der Waals surface area contributed by atoms with Gasteiger partial charge in [0.15, 0.2) is 0 Å². The van der Waals surface area contributed by atoms with Gasteiger partial charge in [0.1, 0.15) is 17.7 Å². The van der Waals surface area contributed by atoms with E-state index in [-0.39, 0.29) is 18.0 Å². The van der Waals surface area contributed by atoms with Crippen molar-refractivity contribution in [2.45, 2.75) is 18.6 Å². The lowest BCUT2D eigenvalue weighted by Crippen LogP contribution is -2.24. The molecule has 0 radical (unpaired) electrons. The second kappa shape index (κ2) is 5.35. The molecule has 0 aromatic heterocycles. The summed E-state index contributed by atoms with van der Waals surface area (Å²) in [5.74, 6) is 0.179. The van der Waals surface area contributed by atoms with Crippen molar-refractivity contribution in [2.75, 3.05) is 0 Å². The fraction of sp³-hybridized carbons (Fsp3) is 0.200. The summed E-state index contributed by atoms with van der Waals surface area (Å²) in [4.78, 5) is 0. The molecular weight excluding hydrogens is 345 g/mol. The number of halogens is 3. The summed E-state index contributed by atoms with van der Waals surface area (Å²) in [6, 6.07) is 9.92. The molecule has 2 N–H and O–H groups in total. The van der Waals surface area contributed by atoms with E-state index in [0.717, 1.165) is 15.6 Å². The Bertz CT molecular complexity index is 664. The van der Waals surface area contributed by atoms with Crippen LogP contribution in [0.15, 0.2) is 40.9 Å². The minimum atomic E-state index is -0.328. The summed E-state index contributed by atoms with van der Waals surface area (Å²) >= 11 is 9.45. The van der Waals surface area contributed by atoms with Gasteiger partial charge in [0.2, 0.25) is 0 Å². The van der Waals surface area contributed by atoms with E-state index in [1.165, 1.54) is 12.1 Å². The van der Waals surface area contributed by atoms with Gasteiger partial charge in [0.05, 0.1) is 5.02 Å². The highest BCUT2D eigenvalue weighted by molar-refractivity contribution is 9.10. The van der Waals surface area contributed by atoms with Crippen LogP contribution >= 0.6 is 27.5 Å². The smallest absolute Gasteiger partial charge is 0.127 e. The molecule has 0 amide bonds. The van der Waals surface area contributed by atoms with Crippen LogP contribution in [-0.4, -0.2) is 0 Å². The van der Waals surface area contributed by atoms with E-state index < -0.39 is 0 Å². The zero-order valence-corrected chi connectivity index (χ0v) is 12.8. The highest BCUT2D eigenvalue weighted by Gasteiger charge is 2.27. The minimum Gasteiger partial charge on any atom is -0.485 e. The van der Waals surface area contributed by atoms with E-state index in [9.17, 15) is 4.39 Å². The normalized spacial score (nSPS) is 21.2. The first-order chi connectivity index (χ1) is 9.54. The van der Waals surface area contributed by atoms with Crippen LogP contribution in [0.5, 0.6) is 5.75 Å². The van der Waals surface area contributed by atoms with E-state index in [4.69, 9.17) is 22.1 Å². The number of benzene rings is 2. The Hall–Kier alpha value is -1.10. The van der Waals surface area contributed by atoms with Gasteiger partial charge in [-0.25, -0.2) is 4.39 Å². The van der Waals surface area contributed by atoms with Crippen molar-refractivity contribution in [1.29, 1.82) is 0 Å². The van der Waals surface area contributed by atoms with Crippen molar-refractivity contribution >= 4 is 27.5 Å². The molecule has 1 aliphatic heterocycles. The zero-order chi connectivity index (χ0) is 14.3. The molecule has 2 nitrogen and oxygen atoms in total. The molecule has 1 aliphatic rings. The number of rotatable bonds is 1. The maximum absolute atomic E-state index is 13.3. The van der Waals surface area contributed by atoms with Crippen molar-refractivity contribution in [1.82, 2.24) is 0 Å². The Labute approximate surface area is 129 Å². The first-order valence-electron chi connectivity index (χ1n) is 6.21. The van der Waals surface area contributed by atoms with Crippen LogP contribution < -0.4 is 10.5 Å². The molecular formula is C15H12BrClFNO. The standard InChI is InChI=1S/C15H12BrClFNO/c16-11-4-1-8(5-12(11)17)14-7-13(19)10-3-2-9(18)6-15(10)20-14/h1-6,13-14H,7,19H2/t13-,14?/m0/s1. The number of hydrogen-bond donors (Lipinski definition) is 1. The van der Waals surface area contributed by atoms with Gasteiger partial charge >= 0.3 is 0 Å². The molecule has 0 fully saturated rings. The second-order valence-electron chi connectivity index (χ2n) is 4.80. The third kappa shape index (κ3) is 2.55. The fourth-order valence-electron chi connectivity index (χ4n) is 2.39. The van der Waals surface area contributed by atoms with Crippen molar-refractivity contribution in [3.05, 3.63) is 62.8 Å². The summed E-state index contributed by atoms with van der Waals surface area (Å²) in [6.07, 6.45) is 0.418. The van der Waals surface area contributed by atoms with Crippen LogP contribution in [0.1, 0.15) is 29.7 Å². The molecule has 0 saturated carbocycles. The molecule has 5 heteroatoms. The third-order valence-corrected chi connectivity index (χ3v) is 4.66. The molecule has 2 aromatic carbocycles. The lowest BCUT2D eigenvalue weighted by atomic mass is 9.93. The van der Waals surface area contributed by atoms with Gasteiger partial charge in [-0.05, 0) is 39.7 Å². The van der Waals surface area contributed by atoms with E-state index in [2.05, 4.69) is 15.9 Å². The first kappa shape index (κ1) is 13.9. The van der Waals surface area contributed by atoms with Crippen LogP contribution in [0.4, 0.5) is 4.39 Å². The van der Waals surface area contributed by atoms with Crippen LogP contribution in [0, 0.1) is 5.82 Å². The topological polar surface area (TPSA) is 35.2 Å². The summed E-state index contributed by atoms with van der Waals surface area (Å²) < 4.78 is 20.0. The highest BCUT2D eigenvalue weighted by Crippen LogP contribution is 2.40. The number of nitrogens with two attached hydrogens (primary N) is 1. The molecule has 1 heterocycles. The van der Waals surface area contributed by atoms with Crippen molar-refractivity contribution < 1.29 is 9.13 Å². The molecule has 0 spiro atoms. The van der Waals surface area contributed by atoms with Gasteiger partial charge in [-0.3, -0.25) is 0 Å². The Balaban J connectivity index is 1.96. The molecule has 2 atom stereocenters. The molecule has 0 bridgehead atoms. The Morgan fingerprint density at radius 2 is 2.05 bits per heavy atom. The molecule has 1 unspecified atom stereocenters. The summed E-state index contributed by atoms with van der Waals surface area (Å²) in [5.41, 5.74) is 7.92. The van der Waals surface area contributed by atoms with E-state index in [1.54, 1.807) is 6.07 Å². The van der Waals surface area contributed by atoms with Gasteiger partial charge in [0, 0.05) is 28.6 Å². The van der Waals surface area contributed by atoms with Crippen LogP contribution in [0.25, 0.3) is 0 Å². The third-order valence-electron chi connectivity index (χ3n) is 3.43. The predicted molar refractivity (Wildman–Crippen MR) is 80.5 cm³/mol. The van der Waals surface area contributed by atoms with Gasteiger partial charge < -0.3 is 10.5 Å². The largest absolute Gasteiger partial charge is 0.485 e. The SMILES string of the molecule is N[C@H]1CC(c2ccc(Br)c(Cl)c2)Oc2cc(F)ccc21. The summed E-state index contributed by atoms with van der Waals surface area (Å²) in [7, 11) is 0. The van der Waals surface area contributed by atoms with Gasteiger partial charge in [-0.2, -0.15) is 0 Å². The van der Waals surface area contributed by atoms with Crippen molar-refractivity contribution in [3.63, 3.8) is 0 Å². The maximum atomic E-state index is 13.3. The molecule has 0 saturated heterocycles. The molecule has 104 valence electrons. The van der Waals surface area contributed by atoms with E-state index in [0.29, 0.717) is 17.2 Å². The van der Waals surface area contributed by atoms with Gasteiger partial charge in [0.25, 0.3) is 0 Å². The van der Waals surface area contributed by atoms with Crippen LogP contribution in [0.3, 0.4) is 0 Å². The van der Waals surface area contributed by atoms with Gasteiger partial charge in [-0.15, -0.1) is 0 Å². The molecule has 20 heavy (non-hydrogen) atoms. The lowest BCUT2D eigenvalue weighted by molar-refractivity contribution is 0.161. The van der Waals surface area contributed by atoms with Crippen LogP contribution in [-0.2, 0) is 0 Å². The Morgan fingerprint density at radius 3 is 2.80 bits per heavy atom. The average molecular weight is 357 g/mol. The number of hydrogen-bond acceptors (Lipinski definition) is 2. The van der Waals surface area contributed by atoms with Crippen molar-refractivity contribution in [2.24, 2.45) is 5.73 Å². The second-order valence-corrected chi connectivity index (χ2v) is 6.07. The molecule has 0 aliphatic carbocycles. The maximum Gasteiger partial charge on any atom is 0.127 e. The predicted octanol–water partition coefficient (Wildman–Crippen LogP) is 4.77. The number of ether oxygens (including phenoxy) is 1. The Morgan fingerprint density at radius 1 is 1.25 bits per heavy atom. The van der Waals surface area contributed by atoms with Crippen molar-refractivity contribution in [3.8, 4) is 5.75 Å². The average Bonchev–Trinajstić information content (AvgIpc) is 2.41. The van der Waals surface area contributed by atoms with E-state index in [1.807, 2.05) is 18.2 Å². The monoisotopic (exact) mass is 355 g/mol. The first-order valence-corrected chi connectivity index (χ1v) is 7.38. The lowest BCUT2D eigenvalue weighted by Gasteiger charge is -2.30. The summed E-state index contributed by atoms with van der Waals surface area (Å²) in [5, 5.41) is 0.615. The molecule has 3 rings (SSSR count). The highest BCUT2D eigenvalue weighted by atomic mass is 79.9. The Kier molecular flexibility index (Phi) is 3.71. The molecule has 2 aromatic rings. The quantitative estimate of drug-likeness (QED) is 0.799. The zero-order valence-electron chi connectivity index (χ0n) is 10.4. The fourth-order valence-corrected chi connectivity index (χ4v) is 2.83. The van der Waals surface area contributed by atoms with Crippen LogP contribution in [0.2, 0.25) is 5.02 Å². The van der Waals surface area contributed by atoms with E-state index >= 15 is 0 Å². The van der Waals surface area contributed by atoms with Gasteiger partial charge in [-0.1, -0.05) is 23.7 Å². The summed E-state index contributed by atoms with van der Waals surface area (Å²) in [6.45, 7) is 0. The minimum absolute atomic E-state index is 0.174.